The van der Waals surface area contributed by atoms with Crippen molar-refractivity contribution in [2.45, 2.75) is 46.6 Å². The normalized spacial score (nSPS) is 18.0. The number of ether oxygens (including phenoxy) is 2. The molecule has 0 aromatic heterocycles. The Morgan fingerprint density at radius 1 is 1.23 bits per heavy atom. The van der Waals surface area contributed by atoms with E-state index in [9.17, 15) is 0 Å². The molecule has 128 valence electrons. The van der Waals surface area contributed by atoms with Gasteiger partial charge in [-0.15, -0.1) is 0 Å². The minimum Gasteiger partial charge on any atom is -0.381 e. The fourth-order valence-electron chi connectivity index (χ4n) is 3.05. The third-order valence-electron chi connectivity index (χ3n) is 4.47. The first-order valence-corrected chi connectivity index (χ1v) is 8.58. The van der Waals surface area contributed by atoms with Gasteiger partial charge in [0.1, 0.15) is 0 Å². The summed E-state index contributed by atoms with van der Waals surface area (Å²) in [5.41, 5.74) is 3.80. The third kappa shape index (κ3) is 5.03. The van der Waals surface area contributed by atoms with Crippen molar-refractivity contribution in [1.82, 2.24) is 9.80 Å². The minimum atomic E-state index is 0.281. The summed E-state index contributed by atoms with van der Waals surface area (Å²) < 4.78 is 11.0. The number of hydrogen-bond donors (Lipinski definition) is 0. The Morgan fingerprint density at radius 2 is 1.82 bits per heavy atom. The average Bonchev–Trinajstić information content (AvgIpc) is 2.57. The molecule has 0 aromatic carbocycles. The van der Waals surface area contributed by atoms with E-state index in [1.807, 2.05) is 0 Å². The van der Waals surface area contributed by atoms with Crippen molar-refractivity contribution in [3.63, 3.8) is 0 Å². The van der Waals surface area contributed by atoms with Crippen molar-refractivity contribution >= 4 is 0 Å². The summed E-state index contributed by atoms with van der Waals surface area (Å²) >= 11 is 0. The second-order valence-corrected chi connectivity index (χ2v) is 5.82. The van der Waals surface area contributed by atoms with Crippen LogP contribution in [0.25, 0.3) is 0 Å². The van der Waals surface area contributed by atoms with E-state index in [1.165, 1.54) is 11.3 Å². The van der Waals surface area contributed by atoms with E-state index < -0.39 is 0 Å². The number of morpholine rings is 1. The van der Waals surface area contributed by atoms with Gasteiger partial charge in [0, 0.05) is 33.3 Å². The van der Waals surface area contributed by atoms with E-state index in [0.717, 1.165) is 57.9 Å². The molecule has 0 bridgehead atoms. The number of rotatable bonds is 9. The highest BCUT2D eigenvalue weighted by Gasteiger charge is 2.21. The summed E-state index contributed by atoms with van der Waals surface area (Å²) in [5.74, 6) is 0. The van der Waals surface area contributed by atoms with Gasteiger partial charge in [0.15, 0.2) is 0 Å². The largest absolute Gasteiger partial charge is 0.381 e. The molecule has 0 aliphatic carbocycles. The predicted octanol–water partition coefficient (Wildman–Crippen LogP) is 3.26. The number of likely N-dealkylation sites (N-methyl/N-ethyl adjacent to an activating group) is 1. The third-order valence-corrected chi connectivity index (χ3v) is 4.47. The van der Waals surface area contributed by atoms with Crippen LogP contribution in [0.1, 0.15) is 40.5 Å². The van der Waals surface area contributed by atoms with E-state index >= 15 is 0 Å². The molecule has 1 unspecified atom stereocenters. The molecule has 1 heterocycles. The first-order chi connectivity index (χ1) is 10.6. The van der Waals surface area contributed by atoms with E-state index in [1.54, 1.807) is 7.11 Å². The quantitative estimate of drug-likeness (QED) is 0.610. The van der Waals surface area contributed by atoms with E-state index in [2.05, 4.69) is 44.1 Å². The van der Waals surface area contributed by atoms with Crippen LogP contribution in [-0.4, -0.2) is 62.4 Å². The van der Waals surface area contributed by atoms with Crippen LogP contribution in [0.3, 0.4) is 0 Å². The molecule has 1 aliphatic rings. The lowest BCUT2D eigenvalue weighted by Crippen LogP contribution is -2.39. The molecule has 1 atom stereocenters. The van der Waals surface area contributed by atoms with Gasteiger partial charge in [-0.2, -0.15) is 0 Å². The lowest BCUT2D eigenvalue weighted by molar-refractivity contribution is 0.0529. The lowest BCUT2D eigenvalue weighted by atomic mass is 10.0. The van der Waals surface area contributed by atoms with Gasteiger partial charge in [0.2, 0.25) is 0 Å². The molecule has 0 saturated carbocycles. The van der Waals surface area contributed by atoms with Crippen molar-refractivity contribution in [1.29, 1.82) is 0 Å². The van der Waals surface area contributed by atoms with Crippen molar-refractivity contribution < 1.29 is 9.47 Å². The molecule has 4 nitrogen and oxygen atoms in total. The van der Waals surface area contributed by atoms with E-state index in [0.29, 0.717) is 0 Å². The zero-order valence-corrected chi connectivity index (χ0v) is 15.2. The SMILES string of the molecule is C=C(/C(=C(\C)CC(CC)OC)N(CC)CC)N1CCOCC1. The zero-order chi connectivity index (χ0) is 16.5. The number of methoxy groups -OCH3 is 1. The van der Waals surface area contributed by atoms with Crippen molar-refractivity contribution in [2.75, 3.05) is 46.5 Å². The van der Waals surface area contributed by atoms with Crippen LogP contribution in [0.2, 0.25) is 0 Å². The van der Waals surface area contributed by atoms with Crippen LogP contribution in [0.5, 0.6) is 0 Å². The number of hydrogen-bond acceptors (Lipinski definition) is 4. The molecule has 1 aliphatic heterocycles. The molecule has 4 heteroatoms. The predicted molar refractivity (Wildman–Crippen MR) is 92.9 cm³/mol. The van der Waals surface area contributed by atoms with Gasteiger partial charge in [0.05, 0.1) is 30.7 Å². The molecule has 0 N–H and O–H groups in total. The summed E-state index contributed by atoms with van der Waals surface area (Å²) in [4.78, 5) is 4.77. The Morgan fingerprint density at radius 3 is 2.27 bits per heavy atom. The molecule has 0 aromatic rings. The molecule has 0 amide bonds. The average molecular weight is 310 g/mol. The second-order valence-electron chi connectivity index (χ2n) is 5.82. The van der Waals surface area contributed by atoms with Gasteiger partial charge < -0.3 is 19.3 Å². The highest BCUT2D eigenvalue weighted by atomic mass is 16.5. The van der Waals surface area contributed by atoms with Crippen molar-refractivity contribution in [3.8, 4) is 0 Å². The first kappa shape index (κ1) is 19.0. The van der Waals surface area contributed by atoms with Gasteiger partial charge in [-0.3, -0.25) is 0 Å². The monoisotopic (exact) mass is 310 g/mol. The van der Waals surface area contributed by atoms with Gasteiger partial charge in [-0.1, -0.05) is 13.5 Å². The fraction of sp³-hybridized carbons (Fsp3) is 0.778. The molecule has 1 rings (SSSR count). The van der Waals surface area contributed by atoms with Gasteiger partial charge >= 0.3 is 0 Å². The summed E-state index contributed by atoms with van der Waals surface area (Å²) in [7, 11) is 1.80. The van der Waals surface area contributed by atoms with Crippen LogP contribution in [0.4, 0.5) is 0 Å². The Kier molecular flexibility index (Phi) is 8.57. The maximum Gasteiger partial charge on any atom is 0.0642 e. The Bertz CT molecular complexity index is 365. The van der Waals surface area contributed by atoms with Crippen LogP contribution < -0.4 is 0 Å². The Hall–Kier alpha value is -1.00. The van der Waals surface area contributed by atoms with E-state index in [-0.39, 0.29) is 6.10 Å². The molecule has 0 radical (unpaired) electrons. The standard InChI is InChI=1S/C18H34N2O2/c1-7-17(21-6)14-15(4)18(19(8-2)9-3)16(5)20-10-12-22-13-11-20/h17H,5,7-14H2,1-4,6H3/b18-15-. The summed E-state index contributed by atoms with van der Waals surface area (Å²) in [6.07, 6.45) is 2.27. The number of nitrogens with zero attached hydrogens (tertiary/aromatic N) is 2. The smallest absolute Gasteiger partial charge is 0.0642 e. The van der Waals surface area contributed by atoms with Crippen molar-refractivity contribution in [2.24, 2.45) is 0 Å². The summed E-state index contributed by atoms with van der Waals surface area (Å²) in [5, 5.41) is 0. The van der Waals surface area contributed by atoms with Crippen LogP contribution in [0, 0.1) is 0 Å². The molecular weight excluding hydrogens is 276 g/mol. The maximum absolute atomic E-state index is 5.58. The Balaban J connectivity index is 3.02. The highest BCUT2D eigenvalue weighted by molar-refractivity contribution is 5.31. The zero-order valence-electron chi connectivity index (χ0n) is 15.2. The molecule has 0 spiro atoms. The van der Waals surface area contributed by atoms with Gasteiger partial charge in [-0.25, -0.2) is 0 Å². The van der Waals surface area contributed by atoms with Crippen LogP contribution in [-0.2, 0) is 9.47 Å². The van der Waals surface area contributed by atoms with E-state index in [4.69, 9.17) is 9.47 Å². The second kappa shape index (κ2) is 9.90. The topological polar surface area (TPSA) is 24.9 Å². The fourth-order valence-corrected chi connectivity index (χ4v) is 3.05. The molecule has 22 heavy (non-hydrogen) atoms. The molecular formula is C18H34N2O2. The molecule has 1 saturated heterocycles. The first-order valence-electron chi connectivity index (χ1n) is 8.58. The van der Waals surface area contributed by atoms with Gasteiger partial charge in [0.25, 0.3) is 0 Å². The minimum absolute atomic E-state index is 0.281. The lowest BCUT2D eigenvalue weighted by Gasteiger charge is -2.37. The summed E-state index contributed by atoms with van der Waals surface area (Å²) in [6.45, 7) is 18.6. The maximum atomic E-state index is 5.58. The van der Waals surface area contributed by atoms with Crippen LogP contribution in [0.15, 0.2) is 23.5 Å². The summed E-state index contributed by atoms with van der Waals surface area (Å²) in [6, 6.07) is 0. The van der Waals surface area contributed by atoms with Crippen LogP contribution >= 0.6 is 0 Å². The highest BCUT2D eigenvalue weighted by Crippen LogP contribution is 2.26. The van der Waals surface area contributed by atoms with Crippen molar-refractivity contribution in [3.05, 3.63) is 23.5 Å². The Labute approximate surface area is 136 Å². The molecule has 1 fully saturated rings. The van der Waals surface area contributed by atoms with Gasteiger partial charge in [-0.05, 0) is 39.2 Å².